The van der Waals surface area contributed by atoms with Gasteiger partial charge in [-0.05, 0) is 64.5 Å². The molecule has 1 aliphatic heterocycles. The lowest BCUT2D eigenvalue weighted by atomic mass is 10.1. The predicted octanol–water partition coefficient (Wildman–Crippen LogP) is 5.72. The Morgan fingerprint density at radius 2 is 1.98 bits per heavy atom. The first kappa shape index (κ1) is 32.5. The number of nitrogens with one attached hydrogen (secondary N) is 1. The van der Waals surface area contributed by atoms with Crippen molar-refractivity contribution in [2.24, 2.45) is 11.8 Å². The van der Waals surface area contributed by atoms with Crippen molar-refractivity contribution in [2.45, 2.75) is 104 Å². The van der Waals surface area contributed by atoms with Gasteiger partial charge in [-0.3, -0.25) is 14.4 Å². The van der Waals surface area contributed by atoms with Crippen molar-refractivity contribution >= 4 is 31.5 Å². The van der Waals surface area contributed by atoms with Crippen molar-refractivity contribution in [1.82, 2.24) is 24.6 Å². The fraction of sp³-hybridized carbons (Fsp3) is 0.613. The maximum absolute atomic E-state index is 13.3. The van der Waals surface area contributed by atoms with Gasteiger partial charge in [-0.1, -0.05) is 44.4 Å². The van der Waals surface area contributed by atoms with Crippen LogP contribution in [0.2, 0.25) is 0 Å². The van der Waals surface area contributed by atoms with Crippen molar-refractivity contribution in [2.75, 3.05) is 18.2 Å². The third-order valence-corrected chi connectivity index (χ3v) is 9.53. The maximum atomic E-state index is 13.3. The molecule has 2 fully saturated rings. The molecule has 0 radical (unpaired) electrons. The number of benzene rings is 1. The molecule has 0 spiro atoms. The minimum atomic E-state index is -1.67. The van der Waals surface area contributed by atoms with Crippen LogP contribution >= 0.6 is 8.53 Å². The number of carbonyl (C=O) groups excluding carboxylic acids is 1. The van der Waals surface area contributed by atoms with Crippen LogP contribution in [0.3, 0.4) is 0 Å². The van der Waals surface area contributed by atoms with Crippen LogP contribution in [0.1, 0.15) is 83.9 Å². The minimum Gasteiger partial charge on any atom is -0.461 e. The zero-order valence-corrected chi connectivity index (χ0v) is 27.1. The van der Waals surface area contributed by atoms with E-state index in [2.05, 4.69) is 33.9 Å². The van der Waals surface area contributed by atoms with Crippen LogP contribution in [-0.2, 0) is 18.8 Å². The molecule has 5 unspecified atom stereocenters. The molecule has 0 bridgehead atoms. The van der Waals surface area contributed by atoms with Crippen molar-refractivity contribution in [3.8, 4) is 5.75 Å². The summed E-state index contributed by atoms with van der Waals surface area (Å²) in [6.07, 6.45) is 10.1. The van der Waals surface area contributed by atoms with Crippen LogP contribution in [0.5, 0.6) is 5.75 Å². The zero-order valence-electron chi connectivity index (χ0n) is 26.2. The Morgan fingerprint density at radius 1 is 1.20 bits per heavy atom. The van der Waals surface area contributed by atoms with E-state index in [0.29, 0.717) is 42.3 Å². The van der Waals surface area contributed by atoms with Crippen molar-refractivity contribution in [1.29, 1.82) is 0 Å². The van der Waals surface area contributed by atoms with Crippen LogP contribution < -0.4 is 20.5 Å². The molecular formula is C31H46N7O5P. The van der Waals surface area contributed by atoms with Crippen molar-refractivity contribution < 1.29 is 23.3 Å². The van der Waals surface area contributed by atoms with Gasteiger partial charge in [-0.15, -0.1) is 0 Å². The third kappa shape index (κ3) is 8.03. The van der Waals surface area contributed by atoms with Crippen LogP contribution in [0, 0.1) is 12.8 Å². The molecule has 240 valence electrons. The number of hydrogen-bond donors (Lipinski definition) is 2. The van der Waals surface area contributed by atoms with E-state index in [9.17, 15) is 4.79 Å². The van der Waals surface area contributed by atoms with Crippen LogP contribution in [0.25, 0.3) is 11.2 Å². The second-order valence-electron chi connectivity index (χ2n) is 11.8. The summed E-state index contributed by atoms with van der Waals surface area (Å²) in [5.41, 5.74) is 2.44. The van der Waals surface area contributed by atoms with Gasteiger partial charge in [0.05, 0.1) is 19.0 Å². The van der Waals surface area contributed by atoms with Gasteiger partial charge in [-0.25, -0.2) is 25.9 Å². The molecule has 5 atom stereocenters. The van der Waals surface area contributed by atoms with Gasteiger partial charge in [0.15, 0.2) is 17.0 Å². The van der Waals surface area contributed by atoms with E-state index in [1.54, 1.807) is 11.3 Å². The van der Waals surface area contributed by atoms with Gasteiger partial charge in [-0.2, -0.15) is 0 Å². The number of unbranched alkanes of at least 4 members (excludes halogenated alkanes) is 1. The molecule has 1 saturated heterocycles. The standard InChI is InChI=1S/C31H46N7O5P/c1-5-7-12-26(31(39)42-23-10-8-9-11-23)36-44(43-24-15-13-21(3)14-16-24)40-18-25-17-22(4)30(41-25)37-20-35-27-28(37)33-19-34-29(27)38(32)6-2/h13-16,19-20,22-23,25-26,30,36H,5-12,17-18,32H2,1-4H3. The van der Waals surface area contributed by atoms with Gasteiger partial charge in [0.1, 0.15) is 30.5 Å². The molecule has 1 saturated carbocycles. The molecule has 13 heteroatoms. The Labute approximate surface area is 261 Å². The molecule has 2 aromatic heterocycles. The normalized spacial score (nSPS) is 21.9. The Morgan fingerprint density at radius 3 is 2.70 bits per heavy atom. The fourth-order valence-corrected chi connectivity index (χ4v) is 6.99. The van der Waals surface area contributed by atoms with Gasteiger partial charge >= 0.3 is 14.5 Å². The van der Waals surface area contributed by atoms with Crippen molar-refractivity contribution in [3.63, 3.8) is 0 Å². The Hall–Kier alpha value is -2.89. The first-order chi connectivity index (χ1) is 21.4. The van der Waals surface area contributed by atoms with Crippen LogP contribution in [-0.4, -0.2) is 56.9 Å². The highest BCUT2D eigenvalue weighted by Crippen LogP contribution is 2.41. The number of nitrogens with two attached hydrogens (primary N) is 1. The molecule has 44 heavy (non-hydrogen) atoms. The molecule has 1 aliphatic carbocycles. The van der Waals surface area contributed by atoms with Crippen LogP contribution in [0.4, 0.5) is 5.82 Å². The van der Waals surface area contributed by atoms with E-state index in [1.807, 2.05) is 42.7 Å². The average molecular weight is 628 g/mol. The predicted molar refractivity (Wildman–Crippen MR) is 170 cm³/mol. The summed E-state index contributed by atoms with van der Waals surface area (Å²) in [7, 11) is -1.67. The van der Waals surface area contributed by atoms with E-state index in [1.165, 1.54) is 6.33 Å². The van der Waals surface area contributed by atoms with Gasteiger partial charge in [0, 0.05) is 12.5 Å². The maximum Gasteiger partial charge on any atom is 0.323 e. The summed E-state index contributed by atoms with van der Waals surface area (Å²) in [5.74, 6) is 7.32. The van der Waals surface area contributed by atoms with E-state index in [4.69, 9.17) is 24.4 Å². The van der Waals surface area contributed by atoms with Crippen molar-refractivity contribution in [3.05, 3.63) is 42.5 Å². The lowest BCUT2D eigenvalue weighted by molar-refractivity contribution is -0.151. The Balaban J connectivity index is 1.27. The first-order valence-electron chi connectivity index (χ1n) is 15.9. The number of rotatable bonds is 15. The number of ether oxygens (including phenoxy) is 2. The molecule has 3 N–H and O–H groups in total. The Kier molecular flexibility index (Phi) is 11.4. The van der Waals surface area contributed by atoms with Gasteiger partial charge < -0.3 is 18.5 Å². The molecule has 3 heterocycles. The number of anilines is 1. The molecule has 5 rings (SSSR count). The smallest absolute Gasteiger partial charge is 0.323 e. The number of aromatic nitrogens is 4. The van der Waals surface area contributed by atoms with E-state index in [0.717, 1.165) is 50.5 Å². The first-order valence-corrected chi connectivity index (χ1v) is 17.0. The number of fused-ring (bicyclic) bond motifs is 1. The van der Waals surface area contributed by atoms with Crippen LogP contribution in [0.15, 0.2) is 36.9 Å². The highest BCUT2D eigenvalue weighted by atomic mass is 31.2. The number of aryl methyl sites for hydroxylation is 1. The molecular weight excluding hydrogens is 581 g/mol. The number of imidazole rings is 1. The quantitative estimate of drug-likeness (QED) is 0.0926. The number of nitrogens with zero attached hydrogens (tertiary/aromatic N) is 5. The summed E-state index contributed by atoms with van der Waals surface area (Å²) in [6, 6.07) is 7.30. The summed E-state index contributed by atoms with van der Waals surface area (Å²) in [5, 5.41) is 4.94. The molecule has 1 aromatic carbocycles. The van der Waals surface area contributed by atoms with E-state index in [-0.39, 0.29) is 30.3 Å². The Bertz CT molecular complexity index is 1350. The van der Waals surface area contributed by atoms with Gasteiger partial charge in [0.25, 0.3) is 0 Å². The molecule has 12 nitrogen and oxygen atoms in total. The number of hydrazine groups is 1. The minimum absolute atomic E-state index is 0.000551. The number of esters is 1. The van der Waals surface area contributed by atoms with E-state index < -0.39 is 14.6 Å². The largest absolute Gasteiger partial charge is 0.461 e. The number of carbonyl (C=O) groups is 1. The highest BCUT2D eigenvalue weighted by molar-refractivity contribution is 7.45. The SMILES string of the molecule is CCCCC(NP(OCC1CC(C)C(n2cnc3c(N(N)CC)ncnc32)O1)Oc1ccc(C)cc1)C(=O)OC1CCCC1. The van der Waals surface area contributed by atoms with E-state index >= 15 is 0 Å². The summed E-state index contributed by atoms with van der Waals surface area (Å²) >= 11 is 0. The summed E-state index contributed by atoms with van der Waals surface area (Å²) in [6.45, 7) is 9.12. The second kappa shape index (κ2) is 15.4. The fourth-order valence-electron chi connectivity index (χ4n) is 5.71. The summed E-state index contributed by atoms with van der Waals surface area (Å²) in [4.78, 5) is 26.6. The topological polar surface area (TPSA) is 139 Å². The lowest BCUT2D eigenvalue weighted by Gasteiger charge is -2.26. The summed E-state index contributed by atoms with van der Waals surface area (Å²) < 4.78 is 27.0. The second-order valence-corrected chi connectivity index (χ2v) is 13.0. The molecule has 3 aromatic rings. The molecule has 0 amide bonds. The highest BCUT2D eigenvalue weighted by Gasteiger charge is 2.36. The number of hydrogen-bond acceptors (Lipinski definition) is 11. The zero-order chi connectivity index (χ0) is 31.1. The lowest BCUT2D eigenvalue weighted by Crippen LogP contribution is -2.38. The van der Waals surface area contributed by atoms with Gasteiger partial charge in [0.2, 0.25) is 0 Å². The monoisotopic (exact) mass is 627 g/mol. The molecule has 2 aliphatic rings. The average Bonchev–Trinajstić information content (AvgIpc) is 3.78. The third-order valence-electron chi connectivity index (χ3n) is 8.24.